The number of benzene rings is 5. The highest BCUT2D eigenvalue weighted by Crippen LogP contribution is 2.48. The van der Waals surface area contributed by atoms with Crippen LogP contribution in [0.3, 0.4) is 0 Å². The molecule has 2 aliphatic heterocycles. The van der Waals surface area contributed by atoms with Crippen molar-refractivity contribution in [2.75, 3.05) is 50.2 Å². The number of hydrogen-bond donors (Lipinski definition) is 1. The summed E-state index contributed by atoms with van der Waals surface area (Å²) in [6.45, 7) is 4.25. The number of terminal acetylenes is 2. The standard InChI is InChI=1S/C30H30Cl2N4O4.C29H28Cl2N4O4.C12H11BrN2O2.C6H2.H2.H/c1-35-26(16-25(33-35)30(37)38-2)19-5-3-6-20(15-19)36-13-11-21(12-14-36)39-17-22-28(34-40-29(22)18-9-10-18)27-23(31)7-4-8-24(27)32;1-34-25(15-24(32-34)29(36)37)18-4-2-5-19(14-18)35-12-10-20(11-13-35)38-16-21-27(33-39-28(21)17-8-9-17)26-22(30)6-3-7-23(26)31;1-15-11(7-10(14-15)12(16)17-2)8-4-3-5-9(13)6-8;1-3-5-6-4-2;;/h3-8,15-16,18,21H,9-14,17H2,1-2H3;2-7,14-15,17,20H,8-13,16H2,1H3,(H,36,37);3-7H,1-2H3;1-2H;1H;/q;;;;;-1/i;;;;1+2T;1+2. The predicted octanol–water partition coefficient (Wildman–Crippen LogP) is 17.0. The topological polar surface area (TPSA) is 220 Å². The van der Waals surface area contributed by atoms with Crippen molar-refractivity contribution in [2.24, 2.45) is 21.1 Å². The van der Waals surface area contributed by atoms with Crippen molar-refractivity contribution in [1.82, 2.24) is 39.7 Å². The van der Waals surface area contributed by atoms with Crippen molar-refractivity contribution in [1.29, 1.82) is 0 Å². The minimum atomic E-state index is -1.03. The van der Waals surface area contributed by atoms with Gasteiger partial charge in [0.25, 0.3) is 0 Å². The van der Waals surface area contributed by atoms with Crippen LogP contribution in [0, 0.1) is 36.5 Å². The molecule has 528 valence electrons. The molecule has 102 heavy (non-hydrogen) atoms. The van der Waals surface area contributed by atoms with Crippen LogP contribution < -0.4 is 9.80 Å². The molecule has 0 radical (unpaired) electrons. The fourth-order valence-corrected chi connectivity index (χ4v) is 13.8. The Morgan fingerprint density at radius 1 is 0.549 bits per heavy atom. The summed E-state index contributed by atoms with van der Waals surface area (Å²) < 4.78 is 49.8. The fraction of sp³-hybridized carbons (Fsp3) is 0.299. The number of aryl methyl sites for hydroxylation is 3. The molecule has 2 saturated heterocycles. The van der Waals surface area contributed by atoms with Crippen LogP contribution in [-0.2, 0) is 53.3 Å². The van der Waals surface area contributed by atoms with Gasteiger partial charge in [0, 0.05) is 117 Å². The summed E-state index contributed by atoms with van der Waals surface area (Å²) in [6, 6.07) is 40.2. The van der Waals surface area contributed by atoms with Crippen molar-refractivity contribution in [3.63, 3.8) is 0 Å². The van der Waals surface area contributed by atoms with Gasteiger partial charge in [-0.2, -0.15) is 15.3 Å². The molecule has 10 aromatic rings. The average molecular weight is 1530 g/mol. The number of carboxylic acids is 1. The van der Waals surface area contributed by atoms with E-state index in [1.54, 1.807) is 46.3 Å². The molecule has 4 fully saturated rings. The summed E-state index contributed by atoms with van der Waals surface area (Å²) in [5, 5.41) is 32.7. The number of carboxylic acid groups (broad SMARTS) is 1. The first kappa shape index (κ1) is 72.2. The molecule has 2 aliphatic carbocycles. The van der Waals surface area contributed by atoms with E-state index in [-0.39, 0.29) is 19.3 Å². The Bertz CT molecular complexity index is 4800. The molecule has 0 amide bonds. The van der Waals surface area contributed by atoms with Gasteiger partial charge in [-0.3, -0.25) is 14.0 Å². The highest BCUT2D eigenvalue weighted by molar-refractivity contribution is 9.10. The molecule has 0 spiro atoms. The second-order valence-electron chi connectivity index (χ2n) is 24.5. The van der Waals surface area contributed by atoms with Crippen molar-refractivity contribution in [2.45, 2.75) is 88.6 Å². The van der Waals surface area contributed by atoms with Crippen molar-refractivity contribution < 1.29 is 51.9 Å². The van der Waals surface area contributed by atoms with Gasteiger partial charge in [0.1, 0.15) is 22.9 Å². The number of carbonyl (C=O) groups excluding carboxylic acids is 2. The average Bonchev–Trinajstić information content (AvgIpc) is 1.64. The smallest absolute Gasteiger partial charge is 0.358 e. The summed E-state index contributed by atoms with van der Waals surface area (Å²) in [7, 11) is 8.08. The van der Waals surface area contributed by atoms with E-state index in [1.165, 1.54) is 14.2 Å². The Hall–Kier alpha value is -9.60. The van der Waals surface area contributed by atoms with E-state index in [2.05, 4.69) is 104 Å². The molecule has 20 nitrogen and oxygen atoms in total. The van der Waals surface area contributed by atoms with Gasteiger partial charge in [0.2, 0.25) is 0 Å². The highest BCUT2D eigenvalue weighted by atomic mass is 79.9. The van der Waals surface area contributed by atoms with Crippen LogP contribution in [0.25, 0.3) is 56.3 Å². The highest BCUT2D eigenvalue weighted by Gasteiger charge is 2.36. The van der Waals surface area contributed by atoms with E-state index in [0.717, 1.165) is 150 Å². The maximum atomic E-state index is 11.9. The Labute approximate surface area is 623 Å². The predicted molar refractivity (Wildman–Crippen MR) is 400 cm³/mol. The lowest BCUT2D eigenvalue weighted by molar-refractivity contribution is 0.0245. The molecule has 7 heterocycles. The Balaban J connectivity index is 0.000000183. The lowest BCUT2D eigenvalue weighted by atomic mass is 10.0. The monoisotopic (exact) mass is 1520 g/mol. The summed E-state index contributed by atoms with van der Waals surface area (Å²) in [5.41, 5.74) is 12.9. The van der Waals surface area contributed by atoms with E-state index < -0.39 is 17.9 Å². The van der Waals surface area contributed by atoms with E-state index >= 15 is 0 Å². The third-order valence-corrected chi connectivity index (χ3v) is 19.5. The fourth-order valence-electron chi connectivity index (χ4n) is 12.2. The minimum absolute atomic E-state index is 0. The van der Waals surface area contributed by atoms with Gasteiger partial charge in [-0.15, -0.1) is 12.8 Å². The number of aromatic nitrogens is 8. The van der Waals surface area contributed by atoms with E-state index in [9.17, 15) is 19.5 Å². The number of carbonyl (C=O) groups is 3. The molecular formula is C77H74BrCl4N10O10-. The Kier molecular flexibility index (Phi) is 24.0. The maximum absolute atomic E-state index is 11.9. The van der Waals surface area contributed by atoms with Crippen molar-refractivity contribution >= 4 is 91.6 Å². The van der Waals surface area contributed by atoms with Crippen molar-refractivity contribution in [3.8, 4) is 92.8 Å². The molecule has 5 aromatic heterocycles. The lowest BCUT2D eigenvalue weighted by Crippen LogP contribution is -2.37. The zero-order valence-electron chi connectivity index (χ0n) is 59.5. The molecule has 0 atom stereocenters. The van der Waals surface area contributed by atoms with Gasteiger partial charge in [-0.1, -0.05) is 121 Å². The van der Waals surface area contributed by atoms with E-state index in [0.29, 0.717) is 79.0 Å². The van der Waals surface area contributed by atoms with Crippen LogP contribution in [0.15, 0.2) is 141 Å². The normalized spacial score (nSPS) is 14.4. The van der Waals surface area contributed by atoms with Crippen LogP contribution in [0.1, 0.15) is 122 Å². The van der Waals surface area contributed by atoms with Crippen LogP contribution in [-0.4, -0.2) is 115 Å². The van der Waals surface area contributed by atoms with Crippen LogP contribution in [0.5, 0.6) is 0 Å². The van der Waals surface area contributed by atoms with Crippen molar-refractivity contribution in [3.05, 3.63) is 192 Å². The zero-order valence-corrected chi connectivity index (χ0v) is 61.1. The third kappa shape index (κ3) is 17.8. The number of anilines is 2. The molecule has 25 heteroatoms. The molecule has 1 N–H and O–H groups in total. The number of nitrogens with zero attached hydrogens (tertiary/aromatic N) is 10. The van der Waals surface area contributed by atoms with Crippen LogP contribution >= 0.6 is 62.3 Å². The number of hydrogen-bond acceptors (Lipinski definition) is 16. The number of halogens is 5. The maximum Gasteiger partial charge on any atom is 0.358 e. The van der Waals surface area contributed by atoms with Crippen LogP contribution in [0.2, 0.25) is 20.1 Å². The Morgan fingerprint density at radius 3 is 1.25 bits per heavy atom. The SMILES string of the molecule is C#CC#CC#C.COC(=O)c1cc(-c2cccc(Br)c2)n(C)n1.COC(=O)c1cc(-c2cccc(N3CCC(OCc4c(-c5c(Cl)cccc5Cl)noc4C4CC4)CC3)c2)n(C)n1.Cn1nc(C(=O)O)cc1-c1cccc(N2CCC(OCc3c(-c4c(Cl)cccc4Cl)noc3C3CC3)CC2)c1.[3H-].[3H][3H]. The summed E-state index contributed by atoms with van der Waals surface area (Å²) >= 11 is 29.4. The molecule has 5 aromatic carbocycles. The Morgan fingerprint density at radius 2 is 0.902 bits per heavy atom. The number of aromatic carboxylic acids is 1. The summed E-state index contributed by atoms with van der Waals surface area (Å²) in [6.07, 6.45) is 17.5. The summed E-state index contributed by atoms with van der Waals surface area (Å²) in [4.78, 5) is 39.3. The number of piperidine rings is 2. The van der Waals surface area contributed by atoms with E-state index in [4.69, 9.17) is 85.5 Å². The number of esters is 2. The molecule has 4 aliphatic rings. The third-order valence-electron chi connectivity index (χ3n) is 17.7. The number of methoxy groups -OCH3 is 2. The second-order valence-corrected chi connectivity index (χ2v) is 27.1. The van der Waals surface area contributed by atoms with Gasteiger partial charge >= 0.3 is 17.9 Å². The zero-order chi connectivity index (χ0) is 74.1. The van der Waals surface area contributed by atoms with Gasteiger partial charge in [0.05, 0.1) is 76.8 Å². The van der Waals surface area contributed by atoms with Gasteiger partial charge < -0.3 is 44.3 Å². The lowest BCUT2D eigenvalue weighted by Gasteiger charge is -2.33. The molecule has 0 bridgehead atoms. The molecule has 14 rings (SSSR count). The first-order valence-corrected chi connectivity index (χ1v) is 35.1. The number of ether oxygens (including phenoxy) is 4. The van der Waals surface area contributed by atoms with Gasteiger partial charge in [-0.05, 0) is 154 Å². The molecule has 2 saturated carbocycles. The van der Waals surface area contributed by atoms with Gasteiger partial charge in [0.15, 0.2) is 17.1 Å². The largest absolute Gasteiger partial charge is 1.00 e. The quantitative estimate of drug-likeness (QED) is 0.0623. The first-order chi connectivity index (χ1) is 50.3. The first-order valence-electron chi connectivity index (χ1n) is 33.8. The summed E-state index contributed by atoms with van der Waals surface area (Å²) in [5.74, 6) is 9.25. The minimum Gasteiger partial charge on any atom is -1.00 e. The second kappa shape index (κ2) is 33.9. The van der Waals surface area contributed by atoms with Crippen LogP contribution in [0.4, 0.5) is 11.4 Å². The van der Waals surface area contributed by atoms with Gasteiger partial charge in [-0.25, -0.2) is 14.4 Å². The van der Waals surface area contributed by atoms with E-state index in [1.807, 2.05) is 92.0 Å². The number of rotatable bonds is 18. The molecule has 0 unspecified atom stereocenters. The molecular weight excluding hydrogens is 1450 g/mol.